The largest absolute Gasteiger partial charge is 0.0625 e. The zero-order chi connectivity index (χ0) is 8.55. The highest BCUT2D eigenvalue weighted by Crippen LogP contribution is 2.45. The van der Waals surface area contributed by atoms with E-state index in [0.717, 1.165) is 23.7 Å². The minimum atomic E-state index is 1.02. The molecule has 0 heterocycles. The molecule has 2 fully saturated rings. The Morgan fingerprint density at radius 2 is 1.75 bits per heavy atom. The maximum absolute atomic E-state index is 2.48. The van der Waals surface area contributed by atoms with E-state index in [0.29, 0.717) is 0 Å². The Kier molecular flexibility index (Phi) is 2.43. The van der Waals surface area contributed by atoms with Crippen LogP contribution in [0.25, 0.3) is 0 Å². The fourth-order valence-corrected chi connectivity index (χ4v) is 3.52. The standard InChI is InChI=1S/C12H22/c1-9-6-7-12-10(2)4-3-5-11(12)8-9/h9-12H,3-8H2,1-2H3/t9-,10+,11-,12?/m0/s1. The first-order valence-corrected chi connectivity index (χ1v) is 5.77. The summed E-state index contributed by atoms with van der Waals surface area (Å²) in [5, 5.41) is 0. The van der Waals surface area contributed by atoms with Crippen LogP contribution < -0.4 is 0 Å². The van der Waals surface area contributed by atoms with Gasteiger partial charge in [-0.05, 0) is 36.5 Å². The molecule has 0 saturated heterocycles. The Labute approximate surface area is 76.7 Å². The van der Waals surface area contributed by atoms with Gasteiger partial charge in [-0.1, -0.05) is 39.5 Å². The van der Waals surface area contributed by atoms with E-state index in [2.05, 4.69) is 13.8 Å². The van der Waals surface area contributed by atoms with Gasteiger partial charge in [-0.3, -0.25) is 0 Å². The van der Waals surface area contributed by atoms with E-state index in [9.17, 15) is 0 Å². The lowest BCUT2D eigenvalue weighted by Crippen LogP contribution is -2.31. The highest BCUT2D eigenvalue weighted by Gasteiger charge is 2.34. The third-order valence-electron chi connectivity index (χ3n) is 4.27. The monoisotopic (exact) mass is 166 g/mol. The number of rotatable bonds is 0. The molecule has 0 nitrogen and oxygen atoms in total. The molecule has 0 aromatic carbocycles. The van der Waals surface area contributed by atoms with Gasteiger partial charge < -0.3 is 0 Å². The molecular formula is C12H22. The van der Waals surface area contributed by atoms with Gasteiger partial charge in [0.15, 0.2) is 0 Å². The molecule has 1 unspecified atom stereocenters. The lowest BCUT2D eigenvalue weighted by molar-refractivity contribution is 0.0892. The summed E-state index contributed by atoms with van der Waals surface area (Å²) < 4.78 is 0. The zero-order valence-electron chi connectivity index (χ0n) is 8.55. The lowest BCUT2D eigenvalue weighted by Gasteiger charge is -2.42. The van der Waals surface area contributed by atoms with E-state index in [4.69, 9.17) is 0 Å². The van der Waals surface area contributed by atoms with E-state index >= 15 is 0 Å². The Morgan fingerprint density at radius 1 is 0.917 bits per heavy atom. The Balaban J connectivity index is 1.99. The van der Waals surface area contributed by atoms with Crippen LogP contribution in [0.3, 0.4) is 0 Å². The second-order valence-corrected chi connectivity index (χ2v) is 5.25. The summed E-state index contributed by atoms with van der Waals surface area (Å²) in [6.07, 6.45) is 9.14. The number of hydrogen-bond acceptors (Lipinski definition) is 0. The van der Waals surface area contributed by atoms with Gasteiger partial charge in [0.05, 0.1) is 0 Å². The van der Waals surface area contributed by atoms with Crippen molar-refractivity contribution in [1.29, 1.82) is 0 Å². The molecule has 0 spiro atoms. The molecule has 0 aromatic rings. The second-order valence-electron chi connectivity index (χ2n) is 5.25. The molecule has 2 rings (SSSR count). The van der Waals surface area contributed by atoms with Crippen molar-refractivity contribution in [1.82, 2.24) is 0 Å². The van der Waals surface area contributed by atoms with Crippen molar-refractivity contribution >= 4 is 0 Å². The minimum absolute atomic E-state index is 1.02. The van der Waals surface area contributed by atoms with Gasteiger partial charge in [-0.25, -0.2) is 0 Å². The molecule has 2 aliphatic carbocycles. The average molecular weight is 166 g/mol. The van der Waals surface area contributed by atoms with Crippen molar-refractivity contribution in [2.24, 2.45) is 23.7 Å². The summed E-state index contributed by atoms with van der Waals surface area (Å²) >= 11 is 0. The van der Waals surface area contributed by atoms with Crippen LogP contribution in [-0.4, -0.2) is 0 Å². The van der Waals surface area contributed by atoms with E-state index in [1.807, 2.05) is 0 Å². The van der Waals surface area contributed by atoms with Crippen LogP contribution in [0.15, 0.2) is 0 Å². The SMILES string of the molecule is C[C@H]1CCC2[C@@H](CCC[C@H]2C)C1. The lowest BCUT2D eigenvalue weighted by atomic mass is 9.64. The molecule has 2 aliphatic rings. The molecule has 2 saturated carbocycles. The van der Waals surface area contributed by atoms with Crippen molar-refractivity contribution in [3.05, 3.63) is 0 Å². The van der Waals surface area contributed by atoms with Gasteiger partial charge in [0.1, 0.15) is 0 Å². The van der Waals surface area contributed by atoms with Gasteiger partial charge in [0.25, 0.3) is 0 Å². The zero-order valence-corrected chi connectivity index (χ0v) is 8.55. The summed E-state index contributed by atoms with van der Waals surface area (Å²) in [6.45, 7) is 4.92. The molecule has 0 heteroatoms. The summed E-state index contributed by atoms with van der Waals surface area (Å²) in [5.74, 6) is 4.28. The Hall–Kier alpha value is 0. The van der Waals surface area contributed by atoms with Crippen molar-refractivity contribution in [2.75, 3.05) is 0 Å². The predicted octanol–water partition coefficient (Wildman–Crippen LogP) is 3.86. The molecule has 0 radical (unpaired) electrons. The molecule has 0 aliphatic heterocycles. The van der Waals surface area contributed by atoms with Gasteiger partial charge in [-0.15, -0.1) is 0 Å². The first kappa shape index (κ1) is 8.59. The molecule has 70 valence electrons. The predicted molar refractivity (Wildman–Crippen MR) is 53.0 cm³/mol. The van der Waals surface area contributed by atoms with Crippen molar-refractivity contribution in [3.8, 4) is 0 Å². The molecule has 0 N–H and O–H groups in total. The first-order valence-electron chi connectivity index (χ1n) is 5.77. The third-order valence-corrected chi connectivity index (χ3v) is 4.27. The van der Waals surface area contributed by atoms with Crippen LogP contribution in [0.4, 0.5) is 0 Å². The quantitative estimate of drug-likeness (QED) is 0.512. The number of fused-ring (bicyclic) bond motifs is 1. The maximum Gasteiger partial charge on any atom is -0.0360 e. The fraction of sp³-hybridized carbons (Fsp3) is 1.00. The average Bonchev–Trinajstić information content (AvgIpc) is 2.04. The molecule has 0 amide bonds. The molecule has 0 bridgehead atoms. The van der Waals surface area contributed by atoms with Crippen LogP contribution in [0.2, 0.25) is 0 Å². The van der Waals surface area contributed by atoms with Gasteiger partial charge in [0.2, 0.25) is 0 Å². The fourth-order valence-electron chi connectivity index (χ4n) is 3.52. The molecule has 12 heavy (non-hydrogen) atoms. The van der Waals surface area contributed by atoms with Crippen LogP contribution >= 0.6 is 0 Å². The Morgan fingerprint density at radius 3 is 2.58 bits per heavy atom. The van der Waals surface area contributed by atoms with Crippen LogP contribution in [0.5, 0.6) is 0 Å². The van der Waals surface area contributed by atoms with Gasteiger partial charge >= 0.3 is 0 Å². The second kappa shape index (κ2) is 3.40. The minimum Gasteiger partial charge on any atom is -0.0625 e. The first-order chi connectivity index (χ1) is 5.77. The van der Waals surface area contributed by atoms with Gasteiger partial charge in [-0.2, -0.15) is 0 Å². The summed E-state index contributed by atoms with van der Waals surface area (Å²) in [6, 6.07) is 0. The molecule has 4 atom stereocenters. The Bertz CT molecular complexity index is 150. The summed E-state index contributed by atoms with van der Waals surface area (Å²) in [4.78, 5) is 0. The topological polar surface area (TPSA) is 0 Å². The smallest absolute Gasteiger partial charge is 0.0360 e. The van der Waals surface area contributed by atoms with Crippen LogP contribution in [0, 0.1) is 23.7 Å². The van der Waals surface area contributed by atoms with E-state index in [1.165, 1.54) is 32.1 Å². The highest BCUT2D eigenvalue weighted by atomic mass is 14.4. The van der Waals surface area contributed by atoms with Gasteiger partial charge in [0, 0.05) is 0 Å². The van der Waals surface area contributed by atoms with Crippen molar-refractivity contribution < 1.29 is 0 Å². The van der Waals surface area contributed by atoms with Crippen molar-refractivity contribution in [3.63, 3.8) is 0 Å². The molecular weight excluding hydrogens is 144 g/mol. The molecule has 0 aromatic heterocycles. The van der Waals surface area contributed by atoms with Crippen LogP contribution in [-0.2, 0) is 0 Å². The van der Waals surface area contributed by atoms with E-state index in [1.54, 1.807) is 6.42 Å². The third kappa shape index (κ3) is 1.53. The van der Waals surface area contributed by atoms with E-state index in [-0.39, 0.29) is 0 Å². The van der Waals surface area contributed by atoms with Crippen LogP contribution in [0.1, 0.15) is 52.4 Å². The van der Waals surface area contributed by atoms with Crippen molar-refractivity contribution in [2.45, 2.75) is 52.4 Å². The summed E-state index contributed by atoms with van der Waals surface area (Å²) in [7, 11) is 0. The maximum atomic E-state index is 2.48. The van der Waals surface area contributed by atoms with E-state index < -0.39 is 0 Å². The highest BCUT2D eigenvalue weighted by molar-refractivity contribution is 4.85. The normalized spacial score (nSPS) is 48.5. The summed E-state index contributed by atoms with van der Waals surface area (Å²) in [5.41, 5.74) is 0. The number of hydrogen-bond donors (Lipinski definition) is 0.